The molecule has 3 heterocycles. The highest BCUT2D eigenvalue weighted by Crippen LogP contribution is 2.41. The molecule has 1 saturated carbocycles. The minimum absolute atomic E-state index is 0.0377. The molecule has 0 amide bonds. The molecule has 0 spiro atoms. The molecule has 7 nitrogen and oxygen atoms in total. The lowest BCUT2D eigenvalue weighted by Gasteiger charge is -2.36. The third-order valence-electron chi connectivity index (χ3n) is 5.24. The number of hydrogen-bond donors (Lipinski definition) is 1. The van der Waals surface area contributed by atoms with E-state index in [2.05, 4.69) is 20.1 Å². The number of aliphatic hydroxyl groups excluding tert-OH is 1. The highest BCUT2D eigenvalue weighted by Gasteiger charge is 2.48. The zero-order valence-electron chi connectivity index (χ0n) is 13.7. The fraction of sp³-hybridized carbons (Fsp3) is 0.333. The molecule has 0 bridgehead atoms. The van der Waals surface area contributed by atoms with Crippen molar-refractivity contribution in [2.75, 3.05) is 0 Å². The van der Waals surface area contributed by atoms with Crippen LogP contribution in [0.1, 0.15) is 24.4 Å². The number of hydrogen-bond acceptors (Lipinski definition) is 6. The summed E-state index contributed by atoms with van der Waals surface area (Å²) in [5, 5.41) is 15.3. The first-order valence-corrected chi connectivity index (χ1v) is 8.92. The summed E-state index contributed by atoms with van der Waals surface area (Å²) in [7, 11) is 0. The highest BCUT2D eigenvalue weighted by molar-refractivity contribution is 6.33. The number of oxime groups is 1. The maximum atomic E-state index is 10.7. The van der Waals surface area contributed by atoms with E-state index in [9.17, 15) is 5.11 Å². The van der Waals surface area contributed by atoms with Gasteiger partial charge in [0, 0.05) is 0 Å². The smallest absolute Gasteiger partial charge is 0.165 e. The van der Waals surface area contributed by atoms with E-state index in [-0.39, 0.29) is 18.1 Å². The van der Waals surface area contributed by atoms with Gasteiger partial charge in [0.05, 0.1) is 30.1 Å². The van der Waals surface area contributed by atoms with Gasteiger partial charge in [-0.1, -0.05) is 47.1 Å². The average Bonchev–Trinajstić information content (AvgIpc) is 3.29. The van der Waals surface area contributed by atoms with E-state index < -0.39 is 6.10 Å². The second kappa shape index (κ2) is 6.03. The van der Waals surface area contributed by atoms with Crippen LogP contribution < -0.4 is 0 Å². The Balaban J connectivity index is 1.54. The zero-order valence-corrected chi connectivity index (χ0v) is 14.5. The molecule has 3 aromatic rings. The van der Waals surface area contributed by atoms with Crippen molar-refractivity contribution in [3.8, 4) is 0 Å². The van der Waals surface area contributed by atoms with E-state index in [4.69, 9.17) is 16.4 Å². The Hall–Kier alpha value is -2.51. The fourth-order valence-corrected chi connectivity index (χ4v) is 4.19. The van der Waals surface area contributed by atoms with Crippen molar-refractivity contribution in [3.05, 3.63) is 53.7 Å². The fourth-order valence-electron chi connectivity index (χ4n) is 4.01. The van der Waals surface area contributed by atoms with Crippen molar-refractivity contribution in [2.45, 2.75) is 31.1 Å². The van der Waals surface area contributed by atoms with Crippen molar-refractivity contribution in [1.82, 2.24) is 19.5 Å². The minimum atomic E-state index is -0.495. The molecule has 0 saturated heterocycles. The Morgan fingerprint density at radius 2 is 1.96 bits per heavy atom. The summed E-state index contributed by atoms with van der Waals surface area (Å²) in [6, 6.07) is 9.81. The van der Waals surface area contributed by atoms with Crippen LogP contribution in [0.25, 0.3) is 11.2 Å². The predicted molar refractivity (Wildman–Crippen MR) is 96.0 cm³/mol. The van der Waals surface area contributed by atoms with Crippen molar-refractivity contribution in [2.24, 2.45) is 11.1 Å². The summed E-state index contributed by atoms with van der Waals surface area (Å²) in [6.45, 7) is 0. The van der Waals surface area contributed by atoms with E-state index in [0.29, 0.717) is 22.7 Å². The van der Waals surface area contributed by atoms with Gasteiger partial charge in [-0.25, -0.2) is 15.0 Å². The molecule has 2 aromatic heterocycles. The van der Waals surface area contributed by atoms with Gasteiger partial charge in [0.25, 0.3) is 0 Å². The van der Waals surface area contributed by atoms with Crippen LogP contribution in [-0.4, -0.2) is 42.5 Å². The number of imidazole rings is 1. The van der Waals surface area contributed by atoms with E-state index in [0.717, 1.165) is 17.7 Å². The summed E-state index contributed by atoms with van der Waals surface area (Å²) >= 11 is 6.13. The van der Waals surface area contributed by atoms with Crippen LogP contribution in [0.3, 0.4) is 0 Å². The van der Waals surface area contributed by atoms with E-state index in [1.54, 1.807) is 6.33 Å². The van der Waals surface area contributed by atoms with E-state index in [1.807, 2.05) is 34.9 Å². The van der Waals surface area contributed by atoms with Gasteiger partial charge >= 0.3 is 0 Å². The van der Waals surface area contributed by atoms with Crippen LogP contribution >= 0.6 is 11.6 Å². The molecule has 5 rings (SSSR count). The van der Waals surface area contributed by atoms with Crippen molar-refractivity contribution in [1.29, 1.82) is 0 Å². The standard InChI is InChI=1S/C18H16ClN5O2/c19-17-15-18(21-8-20-17)24(9-22-15)11-6-7-12(25)13-14(23-26-16(11)13)10-4-2-1-3-5-10/h1-5,8-9,11-13,16,25H,6-7H2/t11-,12+,13+,16+/m1/s1. The monoisotopic (exact) mass is 369 g/mol. The molecular formula is C18H16ClN5O2. The molecule has 1 aliphatic carbocycles. The number of nitrogens with zero attached hydrogens (tertiary/aromatic N) is 5. The van der Waals surface area contributed by atoms with Gasteiger partial charge in [0.1, 0.15) is 11.8 Å². The first-order chi connectivity index (χ1) is 12.7. The van der Waals surface area contributed by atoms with Gasteiger partial charge in [-0.3, -0.25) is 0 Å². The van der Waals surface area contributed by atoms with Gasteiger partial charge in [-0.2, -0.15) is 0 Å². The summed E-state index contributed by atoms with van der Waals surface area (Å²) < 4.78 is 1.97. The molecule has 1 aromatic carbocycles. The van der Waals surface area contributed by atoms with Gasteiger partial charge in [0.2, 0.25) is 0 Å². The lowest BCUT2D eigenvalue weighted by atomic mass is 9.77. The van der Waals surface area contributed by atoms with Crippen molar-refractivity contribution >= 4 is 28.5 Å². The van der Waals surface area contributed by atoms with Crippen molar-refractivity contribution in [3.63, 3.8) is 0 Å². The van der Waals surface area contributed by atoms with E-state index in [1.165, 1.54) is 6.33 Å². The molecule has 1 N–H and O–H groups in total. The number of rotatable bonds is 2. The van der Waals surface area contributed by atoms with Crippen molar-refractivity contribution < 1.29 is 9.94 Å². The second-order valence-electron chi connectivity index (χ2n) is 6.64. The summed E-state index contributed by atoms with van der Waals surface area (Å²) in [5.41, 5.74) is 3.01. The molecule has 0 unspecified atom stereocenters. The first-order valence-electron chi connectivity index (χ1n) is 8.54. The lowest BCUT2D eigenvalue weighted by Crippen LogP contribution is -2.44. The average molecular weight is 370 g/mol. The maximum Gasteiger partial charge on any atom is 0.165 e. The molecule has 8 heteroatoms. The largest absolute Gasteiger partial charge is 0.392 e. The quantitative estimate of drug-likeness (QED) is 0.702. The number of benzene rings is 1. The number of halogens is 1. The Morgan fingerprint density at radius 3 is 2.81 bits per heavy atom. The molecular weight excluding hydrogens is 354 g/mol. The molecule has 1 fully saturated rings. The SMILES string of the molecule is O[C@H]1CC[C@@H](n2cnc3c(Cl)ncnc32)[C@@H]2ON=C(c3ccccc3)[C@@H]21. The van der Waals surface area contributed by atoms with Gasteiger partial charge < -0.3 is 14.5 Å². The van der Waals surface area contributed by atoms with Crippen LogP contribution in [-0.2, 0) is 4.84 Å². The minimum Gasteiger partial charge on any atom is -0.392 e. The van der Waals surface area contributed by atoms with Crippen LogP contribution in [0, 0.1) is 5.92 Å². The summed E-state index contributed by atoms with van der Waals surface area (Å²) in [4.78, 5) is 18.5. The van der Waals surface area contributed by atoms with Gasteiger partial charge in [-0.15, -0.1) is 0 Å². The topological polar surface area (TPSA) is 85.4 Å². The molecule has 26 heavy (non-hydrogen) atoms. The summed E-state index contributed by atoms with van der Waals surface area (Å²) in [6.07, 6.45) is 3.77. The third kappa shape index (κ3) is 2.31. The maximum absolute atomic E-state index is 10.7. The Kier molecular flexibility index (Phi) is 3.65. The predicted octanol–water partition coefficient (Wildman–Crippen LogP) is 2.59. The Labute approximate surface area is 154 Å². The second-order valence-corrected chi connectivity index (χ2v) is 7.00. The Morgan fingerprint density at radius 1 is 1.12 bits per heavy atom. The molecule has 132 valence electrons. The van der Waals surface area contributed by atoms with Crippen LogP contribution in [0.4, 0.5) is 0 Å². The normalized spacial score (nSPS) is 27.8. The zero-order chi connectivity index (χ0) is 17.7. The van der Waals surface area contributed by atoms with Crippen LogP contribution in [0.2, 0.25) is 5.15 Å². The molecule has 4 atom stereocenters. The van der Waals surface area contributed by atoms with Crippen LogP contribution in [0.15, 0.2) is 48.1 Å². The number of aliphatic hydroxyl groups is 1. The van der Waals surface area contributed by atoms with E-state index >= 15 is 0 Å². The van der Waals surface area contributed by atoms with Gasteiger partial charge in [-0.05, 0) is 18.4 Å². The van der Waals surface area contributed by atoms with Gasteiger partial charge in [0.15, 0.2) is 16.9 Å². The molecule has 1 aliphatic heterocycles. The summed E-state index contributed by atoms with van der Waals surface area (Å²) in [5.74, 6) is -0.189. The lowest BCUT2D eigenvalue weighted by molar-refractivity contribution is -0.0444. The highest BCUT2D eigenvalue weighted by atomic mass is 35.5. The molecule has 0 radical (unpaired) electrons. The molecule has 2 aliphatic rings. The Bertz CT molecular complexity index is 990. The number of aromatic nitrogens is 4. The number of fused-ring (bicyclic) bond motifs is 2. The third-order valence-corrected chi connectivity index (χ3v) is 5.51. The van der Waals surface area contributed by atoms with Crippen LogP contribution in [0.5, 0.6) is 0 Å². The first kappa shape index (κ1) is 15.7.